The first-order chi connectivity index (χ1) is 9.92. The van der Waals surface area contributed by atoms with Gasteiger partial charge in [-0.2, -0.15) is 0 Å². The first-order valence-corrected chi connectivity index (χ1v) is 8.47. The summed E-state index contributed by atoms with van der Waals surface area (Å²) in [5, 5.41) is 3.29. The van der Waals surface area contributed by atoms with Gasteiger partial charge in [-0.3, -0.25) is 4.79 Å². The molecule has 0 saturated heterocycles. The second-order valence-electron chi connectivity index (χ2n) is 4.05. The molecule has 0 aromatic heterocycles. The molecule has 0 saturated carbocycles. The van der Waals surface area contributed by atoms with Gasteiger partial charge in [0, 0.05) is 14.0 Å². The van der Waals surface area contributed by atoms with Crippen molar-refractivity contribution < 1.29 is 9.53 Å². The molecule has 1 amide bonds. The summed E-state index contributed by atoms with van der Waals surface area (Å²) in [6.07, 6.45) is 0. The molecule has 0 aliphatic rings. The molecule has 2 aromatic carbocycles. The van der Waals surface area contributed by atoms with Gasteiger partial charge in [0.05, 0.1) is 22.8 Å². The van der Waals surface area contributed by atoms with Gasteiger partial charge in [0.25, 0.3) is 5.91 Å². The van der Waals surface area contributed by atoms with E-state index in [4.69, 9.17) is 16.3 Å². The van der Waals surface area contributed by atoms with Crippen LogP contribution in [0.5, 0.6) is 5.75 Å². The maximum Gasteiger partial charge on any atom is 0.256 e. The number of ether oxygens (including phenoxy) is 1. The van der Waals surface area contributed by atoms with E-state index in [1.54, 1.807) is 30.3 Å². The normalized spacial score (nSPS) is 10.3. The number of benzene rings is 2. The predicted octanol–water partition coefficient (Wildman–Crippen LogP) is 5.89. The van der Waals surface area contributed by atoms with Crippen LogP contribution in [-0.2, 0) is 0 Å². The molecule has 2 rings (SSSR count). The molecule has 0 atom stereocenters. The average Bonchev–Trinajstić information content (AvgIpc) is 2.37. The van der Waals surface area contributed by atoms with Crippen LogP contribution in [0.3, 0.4) is 0 Å². The minimum absolute atomic E-state index is 0.262. The number of hydrogen-bond donors (Lipinski definition) is 1. The first-order valence-electron chi connectivity index (χ1n) is 5.72. The van der Waals surface area contributed by atoms with Crippen LogP contribution in [0.15, 0.2) is 43.7 Å². The van der Waals surface area contributed by atoms with Crippen molar-refractivity contribution in [2.24, 2.45) is 0 Å². The number of anilines is 1. The Morgan fingerprint density at radius 1 is 1.14 bits per heavy atom. The summed E-state index contributed by atoms with van der Waals surface area (Å²) in [4.78, 5) is 12.4. The molecule has 0 aliphatic carbocycles. The van der Waals surface area contributed by atoms with Crippen molar-refractivity contribution in [3.8, 4) is 5.75 Å². The van der Waals surface area contributed by atoms with Crippen molar-refractivity contribution in [2.45, 2.75) is 0 Å². The number of carbonyl (C=O) groups excluding carboxylic acids is 1. The lowest BCUT2D eigenvalue weighted by Crippen LogP contribution is -2.13. The van der Waals surface area contributed by atoms with Gasteiger partial charge >= 0.3 is 0 Å². The number of rotatable bonds is 3. The largest absolute Gasteiger partial charge is 0.493 e. The van der Waals surface area contributed by atoms with E-state index in [9.17, 15) is 4.79 Å². The lowest BCUT2D eigenvalue weighted by molar-refractivity contribution is 0.102. The zero-order chi connectivity index (χ0) is 15.6. The minimum Gasteiger partial charge on any atom is -0.493 e. The zero-order valence-corrected chi connectivity index (χ0v) is 16.2. The van der Waals surface area contributed by atoms with E-state index in [1.165, 1.54) is 7.11 Å². The third kappa shape index (κ3) is 4.00. The van der Waals surface area contributed by atoms with Gasteiger partial charge < -0.3 is 10.1 Å². The maximum absolute atomic E-state index is 12.4. The molecule has 0 bridgehead atoms. The zero-order valence-electron chi connectivity index (χ0n) is 10.7. The Bertz CT molecular complexity index is 707. The SMILES string of the molecule is COc1c(Br)cc(Cl)cc1NC(=O)c1ccc(Br)cc1Br. The van der Waals surface area contributed by atoms with Crippen LogP contribution in [0.4, 0.5) is 5.69 Å². The summed E-state index contributed by atoms with van der Waals surface area (Å²) < 4.78 is 7.52. The number of nitrogens with one attached hydrogen (secondary N) is 1. The van der Waals surface area contributed by atoms with E-state index in [0.29, 0.717) is 31.0 Å². The summed E-state index contributed by atoms with van der Waals surface area (Å²) in [7, 11) is 1.53. The Morgan fingerprint density at radius 3 is 2.48 bits per heavy atom. The molecule has 2 aromatic rings. The number of methoxy groups -OCH3 is 1. The summed E-state index contributed by atoms with van der Waals surface area (Å²) in [5.41, 5.74) is 1.01. The quantitative estimate of drug-likeness (QED) is 0.574. The van der Waals surface area contributed by atoms with Gasteiger partial charge in [-0.15, -0.1) is 0 Å². The predicted molar refractivity (Wildman–Crippen MR) is 95.5 cm³/mol. The highest BCUT2D eigenvalue weighted by Gasteiger charge is 2.15. The minimum atomic E-state index is -0.262. The summed E-state index contributed by atoms with van der Waals surface area (Å²) in [6, 6.07) is 8.65. The molecule has 0 unspecified atom stereocenters. The van der Waals surface area contributed by atoms with Crippen LogP contribution < -0.4 is 10.1 Å². The third-order valence-corrected chi connectivity index (χ3v) is 4.59. The molecule has 7 heteroatoms. The highest BCUT2D eigenvalue weighted by atomic mass is 79.9. The molecule has 0 radical (unpaired) electrons. The topological polar surface area (TPSA) is 38.3 Å². The summed E-state index contributed by atoms with van der Waals surface area (Å²) in [5.74, 6) is 0.253. The molecule has 0 spiro atoms. The third-order valence-electron chi connectivity index (χ3n) is 2.64. The van der Waals surface area contributed by atoms with E-state index < -0.39 is 0 Å². The lowest BCUT2D eigenvalue weighted by Gasteiger charge is -2.13. The Kier molecular flexibility index (Phi) is 5.71. The molecular weight excluding hydrogens is 489 g/mol. The number of hydrogen-bond acceptors (Lipinski definition) is 2. The smallest absolute Gasteiger partial charge is 0.256 e. The molecule has 3 nitrogen and oxygen atoms in total. The molecule has 110 valence electrons. The fourth-order valence-corrected chi connectivity index (χ4v) is 3.92. The van der Waals surface area contributed by atoms with Crippen LogP contribution in [0.1, 0.15) is 10.4 Å². The lowest BCUT2D eigenvalue weighted by atomic mass is 10.2. The number of amides is 1. The Labute approximate surface area is 152 Å². The maximum atomic E-state index is 12.4. The highest BCUT2D eigenvalue weighted by Crippen LogP contribution is 2.36. The highest BCUT2D eigenvalue weighted by molar-refractivity contribution is 9.11. The van der Waals surface area contributed by atoms with Gasteiger partial charge in [-0.05, 0) is 62.2 Å². The fourth-order valence-electron chi connectivity index (χ4n) is 1.72. The van der Waals surface area contributed by atoms with Crippen molar-refractivity contribution in [1.82, 2.24) is 0 Å². The molecule has 0 aliphatic heterocycles. The monoisotopic (exact) mass is 495 g/mol. The van der Waals surface area contributed by atoms with Crippen molar-refractivity contribution in [1.29, 1.82) is 0 Å². The van der Waals surface area contributed by atoms with E-state index >= 15 is 0 Å². The van der Waals surface area contributed by atoms with Crippen molar-refractivity contribution in [2.75, 3.05) is 12.4 Å². The van der Waals surface area contributed by atoms with Gasteiger partial charge in [0.15, 0.2) is 5.75 Å². The van der Waals surface area contributed by atoms with Crippen LogP contribution >= 0.6 is 59.4 Å². The van der Waals surface area contributed by atoms with Gasteiger partial charge in [-0.1, -0.05) is 27.5 Å². The molecule has 1 N–H and O–H groups in total. The molecule has 21 heavy (non-hydrogen) atoms. The van der Waals surface area contributed by atoms with Crippen LogP contribution in [-0.4, -0.2) is 13.0 Å². The van der Waals surface area contributed by atoms with Crippen LogP contribution in [0.25, 0.3) is 0 Å². The standard InChI is InChI=1S/C14H9Br3ClNO2/c1-21-13-11(17)5-8(18)6-12(13)19-14(20)9-3-2-7(15)4-10(9)16/h2-6H,1H3,(H,19,20). The molecular formula is C14H9Br3ClNO2. The Morgan fingerprint density at radius 2 is 1.86 bits per heavy atom. The van der Waals surface area contributed by atoms with Gasteiger partial charge in [0.2, 0.25) is 0 Å². The van der Waals surface area contributed by atoms with Crippen LogP contribution in [0, 0.1) is 0 Å². The second-order valence-corrected chi connectivity index (χ2v) is 7.11. The van der Waals surface area contributed by atoms with Gasteiger partial charge in [0.1, 0.15) is 0 Å². The van der Waals surface area contributed by atoms with Crippen molar-refractivity contribution >= 4 is 71.0 Å². The van der Waals surface area contributed by atoms with Gasteiger partial charge in [-0.25, -0.2) is 0 Å². The van der Waals surface area contributed by atoms with E-state index in [2.05, 4.69) is 53.1 Å². The van der Waals surface area contributed by atoms with Crippen molar-refractivity contribution in [3.63, 3.8) is 0 Å². The first kappa shape index (κ1) is 16.8. The fraction of sp³-hybridized carbons (Fsp3) is 0.0714. The van der Waals surface area contributed by atoms with E-state index in [1.807, 2.05) is 0 Å². The average molecular weight is 498 g/mol. The van der Waals surface area contributed by atoms with E-state index in [0.717, 1.165) is 4.47 Å². The van der Waals surface area contributed by atoms with Crippen molar-refractivity contribution in [3.05, 3.63) is 54.3 Å². The van der Waals surface area contributed by atoms with E-state index in [-0.39, 0.29) is 5.91 Å². The Hall–Kier alpha value is -0.560. The van der Waals surface area contributed by atoms with Crippen LogP contribution in [0.2, 0.25) is 5.02 Å². The molecule has 0 fully saturated rings. The Balaban J connectivity index is 2.35. The molecule has 0 heterocycles. The summed E-state index contributed by atoms with van der Waals surface area (Å²) in [6.45, 7) is 0. The number of halogens is 4. The number of carbonyl (C=O) groups is 1. The summed E-state index contributed by atoms with van der Waals surface area (Å²) >= 11 is 16.1. The second kappa shape index (κ2) is 7.13.